The fraction of sp³-hybridized carbons (Fsp3) is 0.368. The van der Waals surface area contributed by atoms with Crippen LogP contribution in [-0.2, 0) is 7.05 Å². The molecule has 0 aromatic heterocycles. The second-order valence-electron chi connectivity index (χ2n) is 6.48. The third kappa shape index (κ3) is 2.63. The van der Waals surface area contributed by atoms with Crippen LogP contribution in [0.4, 0.5) is 0 Å². The van der Waals surface area contributed by atoms with Crippen LogP contribution in [-0.4, -0.2) is 21.6 Å². The highest BCUT2D eigenvalue weighted by Crippen LogP contribution is 2.23. The number of benzene rings is 2. The first-order valence-corrected chi connectivity index (χ1v) is 8.37. The first kappa shape index (κ1) is 14.4. The smallest absolute Gasteiger partial charge is 0.0876 e. The minimum absolute atomic E-state index is 0.197. The Morgan fingerprint density at radius 3 is 2.83 bits per heavy atom. The number of para-hydroxylation sites is 2. The lowest BCUT2D eigenvalue weighted by Crippen LogP contribution is -2.37. The van der Waals surface area contributed by atoms with E-state index in [1.54, 1.807) is 0 Å². The van der Waals surface area contributed by atoms with Gasteiger partial charge in [-0.25, -0.2) is 4.98 Å². The van der Waals surface area contributed by atoms with Gasteiger partial charge in [-0.15, -0.1) is 0 Å². The first-order valence-electron chi connectivity index (χ1n) is 8.37. The lowest BCUT2D eigenvalue weighted by Gasteiger charge is -2.25. The van der Waals surface area contributed by atoms with E-state index in [4.69, 9.17) is 15.7 Å². The van der Waals surface area contributed by atoms with Crippen LogP contribution in [0.15, 0.2) is 47.5 Å². The van der Waals surface area contributed by atoms with Gasteiger partial charge in [-0.3, -0.25) is 4.99 Å². The van der Waals surface area contributed by atoms with Crippen molar-refractivity contribution in [1.29, 1.82) is 0 Å². The number of hydrogen-bond acceptors (Lipinski definition) is 3. The Balaban J connectivity index is 1.86. The molecule has 1 heterocycles. The Labute approximate surface area is 136 Å². The molecule has 2 N–H and O–H groups in total. The van der Waals surface area contributed by atoms with E-state index < -0.39 is 0 Å². The van der Waals surface area contributed by atoms with Crippen LogP contribution in [0.3, 0.4) is 0 Å². The van der Waals surface area contributed by atoms with Gasteiger partial charge in [0.15, 0.2) is 0 Å². The molecule has 1 saturated carbocycles. The Bertz CT molecular complexity index is 880. The quantitative estimate of drug-likeness (QED) is 0.703. The standard InChI is InChI=1S/C19H22N4/c1-23-18-9-5-4-8-16(18)22-17-11-10-13(12-19(17)23)21-15-7-3-2-6-14(15)20/h4-5,8-12,14-15H,2-3,6-7,20H2,1H3/t14-,15-/m0/s1. The van der Waals surface area contributed by atoms with E-state index in [0.29, 0.717) is 0 Å². The van der Waals surface area contributed by atoms with Crippen LogP contribution in [0, 0.1) is 0 Å². The van der Waals surface area contributed by atoms with Crippen molar-refractivity contribution >= 4 is 11.0 Å². The molecule has 2 atom stereocenters. The van der Waals surface area contributed by atoms with Crippen molar-refractivity contribution in [1.82, 2.24) is 9.55 Å². The molecule has 4 rings (SSSR count). The highest BCUT2D eigenvalue weighted by molar-refractivity contribution is 5.80. The van der Waals surface area contributed by atoms with E-state index in [-0.39, 0.29) is 12.1 Å². The van der Waals surface area contributed by atoms with Crippen molar-refractivity contribution in [3.05, 3.63) is 47.8 Å². The topological polar surface area (TPSA) is 56.2 Å². The molecule has 0 amide bonds. The molecule has 118 valence electrons. The second kappa shape index (κ2) is 5.78. The molecule has 1 aliphatic heterocycles. The normalized spacial score (nSPS) is 22.8. The first-order chi connectivity index (χ1) is 11.2. The summed E-state index contributed by atoms with van der Waals surface area (Å²) in [4.78, 5) is 9.66. The van der Waals surface area contributed by atoms with Gasteiger partial charge in [-0.1, -0.05) is 25.0 Å². The molecule has 4 nitrogen and oxygen atoms in total. The summed E-state index contributed by atoms with van der Waals surface area (Å²) in [6.07, 6.45) is 4.65. The molecule has 1 fully saturated rings. The average molecular weight is 306 g/mol. The molecule has 3 aliphatic rings. The number of nitrogens with zero attached hydrogens (tertiary/aromatic N) is 3. The Hall–Kier alpha value is -2.20. The Kier molecular flexibility index (Phi) is 3.62. The summed E-state index contributed by atoms with van der Waals surface area (Å²) in [5, 5.41) is 1.01. The van der Waals surface area contributed by atoms with Gasteiger partial charge >= 0.3 is 0 Å². The van der Waals surface area contributed by atoms with Gasteiger partial charge in [0.2, 0.25) is 0 Å². The third-order valence-corrected chi connectivity index (χ3v) is 4.90. The van der Waals surface area contributed by atoms with E-state index in [2.05, 4.69) is 35.9 Å². The maximum atomic E-state index is 6.23. The van der Waals surface area contributed by atoms with E-state index in [0.717, 1.165) is 40.6 Å². The molecule has 1 aromatic rings. The molecule has 23 heavy (non-hydrogen) atoms. The predicted molar refractivity (Wildman–Crippen MR) is 93.1 cm³/mol. The van der Waals surface area contributed by atoms with E-state index in [1.807, 2.05) is 18.2 Å². The predicted octanol–water partition coefficient (Wildman–Crippen LogP) is 2.85. The molecule has 0 radical (unpaired) electrons. The van der Waals surface area contributed by atoms with Crippen LogP contribution in [0.5, 0.6) is 0 Å². The Morgan fingerprint density at radius 2 is 1.96 bits per heavy atom. The molecule has 0 bridgehead atoms. The summed E-state index contributed by atoms with van der Waals surface area (Å²) in [6, 6.07) is 14.9. The van der Waals surface area contributed by atoms with Crippen molar-refractivity contribution in [3.8, 4) is 11.4 Å². The number of rotatable bonds is 1. The van der Waals surface area contributed by atoms with Crippen molar-refractivity contribution in [2.45, 2.75) is 37.8 Å². The maximum absolute atomic E-state index is 6.23. The van der Waals surface area contributed by atoms with E-state index in [1.165, 1.54) is 12.8 Å². The molecular weight excluding hydrogens is 284 g/mol. The summed E-state index contributed by atoms with van der Waals surface area (Å²) in [5.74, 6) is 0. The zero-order valence-electron chi connectivity index (χ0n) is 13.4. The van der Waals surface area contributed by atoms with Gasteiger partial charge in [0.05, 0.1) is 33.8 Å². The number of fused-ring (bicyclic) bond motifs is 2. The molecule has 0 unspecified atom stereocenters. The number of nitrogens with two attached hydrogens (primary N) is 1. The van der Waals surface area contributed by atoms with E-state index >= 15 is 0 Å². The average Bonchev–Trinajstić information content (AvgIpc) is 2.58. The number of hydrogen-bond donors (Lipinski definition) is 1. The minimum Gasteiger partial charge on any atom is -0.341 e. The molecule has 4 heteroatoms. The number of aryl methyl sites for hydroxylation is 1. The highest BCUT2D eigenvalue weighted by atomic mass is 15.0. The molecule has 0 saturated heterocycles. The Morgan fingerprint density at radius 1 is 1.13 bits per heavy atom. The van der Waals surface area contributed by atoms with Gasteiger partial charge in [-0.05, 0) is 43.2 Å². The van der Waals surface area contributed by atoms with Crippen molar-refractivity contribution < 1.29 is 0 Å². The highest BCUT2D eigenvalue weighted by Gasteiger charge is 2.20. The van der Waals surface area contributed by atoms with Gasteiger partial charge < -0.3 is 10.3 Å². The number of aromatic nitrogens is 2. The SMILES string of the molecule is Cn1c2cc(=N[C@H]3CCCC[C@@H]3N)ccc-2nc2ccccc21. The van der Waals surface area contributed by atoms with Crippen molar-refractivity contribution in [2.24, 2.45) is 17.8 Å². The largest absolute Gasteiger partial charge is 0.341 e. The van der Waals surface area contributed by atoms with Gasteiger partial charge in [0.25, 0.3) is 0 Å². The fourth-order valence-electron chi connectivity index (χ4n) is 3.55. The van der Waals surface area contributed by atoms with Crippen LogP contribution in [0.1, 0.15) is 25.7 Å². The van der Waals surface area contributed by atoms with Gasteiger partial charge in [-0.2, -0.15) is 0 Å². The summed E-state index contributed by atoms with van der Waals surface area (Å²) in [7, 11) is 2.09. The second-order valence-corrected chi connectivity index (χ2v) is 6.48. The van der Waals surface area contributed by atoms with Gasteiger partial charge in [0.1, 0.15) is 0 Å². The van der Waals surface area contributed by atoms with Crippen LogP contribution in [0.2, 0.25) is 0 Å². The van der Waals surface area contributed by atoms with Gasteiger partial charge in [0, 0.05) is 13.1 Å². The monoisotopic (exact) mass is 306 g/mol. The lowest BCUT2D eigenvalue weighted by molar-refractivity contribution is 0.381. The molecule has 0 spiro atoms. The summed E-state index contributed by atoms with van der Waals surface area (Å²) in [5.41, 5.74) is 10.5. The molecule has 2 aliphatic carbocycles. The lowest BCUT2D eigenvalue weighted by atomic mass is 9.91. The van der Waals surface area contributed by atoms with Crippen molar-refractivity contribution in [2.75, 3.05) is 0 Å². The minimum atomic E-state index is 0.197. The molecule has 1 aromatic carbocycles. The van der Waals surface area contributed by atoms with Crippen LogP contribution >= 0.6 is 0 Å². The molecular formula is C19H22N4. The zero-order valence-corrected chi connectivity index (χ0v) is 13.4. The van der Waals surface area contributed by atoms with Crippen LogP contribution in [0.25, 0.3) is 22.4 Å². The summed E-state index contributed by atoms with van der Waals surface area (Å²) < 4.78 is 2.19. The fourth-order valence-corrected chi connectivity index (χ4v) is 3.55. The van der Waals surface area contributed by atoms with Crippen molar-refractivity contribution in [3.63, 3.8) is 0 Å². The van der Waals surface area contributed by atoms with E-state index in [9.17, 15) is 0 Å². The zero-order chi connectivity index (χ0) is 15.8. The summed E-state index contributed by atoms with van der Waals surface area (Å²) in [6.45, 7) is 0. The summed E-state index contributed by atoms with van der Waals surface area (Å²) >= 11 is 0. The maximum Gasteiger partial charge on any atom is 0.0876 e. The third-order valence-electron chi connectivity index (χ3n) is 4.90. The van der Waals surface area contributed by atoms with Crippen LogP contribution < -0.4 is 11.1 Å².